The summed E-state index contributed by atoms with van der Waals surface area (Å²) in [5, 5.41) is 8.31. The standard InChI is InChI=1S/C15H21N3/c1(8-17-14-4-5-14)7-16-11-12-2-3-13-6-9-18-15(13)10-12/h2-3,6,9-10,14,16-18H,1,4-5,7-8,11H2. The number of aromatic nitrogens is 1. The first-order valence-corrected chi connectivity index (χ1v) is 6.92. The lowest BCUT2D eigenvalue weighted by molar-refractivity contribution is 0.593. The van der Waals surface area contributed by atoms with Gasteiger partial charge in [0.1, 0.15) is 0 Å². The molecule has 1 saturated carbocycles. The van der Waals surface area contributed by atoms with E-state index in [0.717, 1.165) is 25.7 Å². The van der Waals surface area contributed by atoms with Gasteiger partial charge in [-0.15, -0.1) is 0 Å². The summed E-state index contributed by atoms with van der Waals surface area (Å²) in [5.41, 5.74) is 2.57. The molecule has 3 heteroatoms. The molecule has 1 aromatic carbocycles. The van der Waals surface area contributed by atoms with E-state index in [1.165, 1.54) is 35.7 Å². The SMILES string of the molecule is c1cc2ccc(CNCCCNC3CC3)cc2[nH]1. The molecular formula is C15H21N3. The van der Waals surface area contributed by atoms with Crippen LogP contribution in [-0.4, -0.2) is 24.1 Å². The smallest absolute Gasteiger partial charge is 0.0457 e. The van der Waals surface area contributed by atoms with Crippen molar-refractivity contribution in [3.05, 3.63) is 36.0 Å². The Hall–Kier alpha value is -1.32. The average Bonchev–Trinajstić information content (AvgIpc) is 3.09. The summed E-state index contributed by atoms with van der Waals surface area (Å²) in [4.78, 5) is 3.25. The third-order valence-corrected chi connectivity index (χ3v) is 3.49. The molecule has 3 rings (SSSR count). The highest BCUT2D eigenvalue weighted by atomic mass is 14.9. The molecule has 0 radical (unpaired) electrons. The van der Waals surface area contributed by atoms with Crippen LogP contribution in [0.25, 0.3) is 10.9 Å². The highest BCUT2D eigenvalue weighted by Gasteiger charge is 2.19. The normalized spacial score (nSPS) is 15.3. The van der Waals surface area contributed by atoms with Gasteiger partial charge < -0.3 is 15.6 Å². The predicted molar refractivity (Wildman–Crippen MR) is 75.6 cm³/mol. The molecule has 0 aliphatic heterocycles. The van der Waals surface area contributed by atoms with Crippen LogP contribution in [0.3, 0.4) is 0 Å². The number of fused-ring (bicyclic) bond motifs is 1. The summed E-state index contributed by atoms with van der Waals surface area (Å²) in [6.07, 6.45) is 5.96. The van der Waals surface area contributed by atoms with Gasteiger partial charge in [0, 0.05) is 24.3 Å². The van der Waals surface area contributed by atoms with E-state index in [4.69, 9.17) is 0 Å². The van der Waals surface area contributed by atoms with E-state index < -0.39 is 0 Å². The first-order valence-electron chi connectivity index (χ1n) is 6.92. The van der Waals surface area contributed by atoms with Gasteiger partial charge in [0.2, 0.25) is 0 Å². The zero-order valence-electron chi connectivity index (χ0n) is 10.7. The Morgan fingerprint density at radius 1 is 1.17 bits per heavy atom. The van der Waals surface area contributed by atoms with E-state index in [-0.39, 0.29) is 0 Å². The molecule has 96 valence electrons. The number of rotatable bonds is 7. The number of hydrogen-bond donors (Lipinski definition) is 3. The average molecular weight is 243 g/mol. The van der Waals surface area contributed by atoms with E-state index in [0.29, 0.717) is 0 Å². The molecule has 1 heterocycles. The van der Waals surface area contributed by atoms with E-state index in [2.05, 4.69) is 39.9 Å². The second-order valence-corrected chi connectivity index (χ2v) is 5.16. The lowest BCUT2D eigenvalue weighted by Crippen LogP contribution is -2.23. The number of H-pyrrole nitrogens is 1. The summed E-state index contributed by atoms with van der Waals surface area (Å²) >= 11 is 0. The zero-order valence-corrected chi connectivity index (χ0v) is 10.7. The van der Waals surface area contributed by atoms with Gasteiger partial charge in [-0.1, -0.05) is 12.1 Å². The first-order chi connectivity index (χ1) is 8.92. The second-order valence-electron chi connectivity index (χ2n) is 5.16. The van der Waals surface area contributed by atoms with E-state index in [1.54, 1.807) is 0 Å². The van der Waals surface area contributed by atoms with E-state index in [1.807, 2.05) is 6.20 Å². The number of hydrogen-bond acceptors (Lipinski definition) is 2. The largest absolute Gasteiger partial charge is 0.361 e. The minimum Gasteiger partial charge on any atom is -0.361 e. The molecule has 18 heavy (non-hydrogen) atoms. The van der Waals surface area contributed by atoms with Crippen molar-refractivity contribution in [2.24, 2.45) is 0 Å². The molecule has 0 spiro atoms. The van der Waals surface area contributed by atoms with E-state index in [9.17, 15) is 0 Å². The predicted octanol–water partition coefficient (Wildman–Crippen LogP) is 2.40. The van der Waals surface area contributed by atoms with Crippen LogP contribution in [0.1, 0.15) is 24.8 Å². The third kappa shape index (κ3) is 3.12. The van der Waals surface area contributed by atoms with Crippen molar-refractivity contribution in [1.82, 2.24) is 15.6 Å². The van der Waals surface area contributed by atoms with Crippen molar-refractivity contribution in [3.63, 3.8) is 0 Å². The van der Waals surface area contributed by atoms with Crippen LogP contribution in [-0.2, 0) is 6.54 Å². The third-order valence-electron chi connectivity index (χ3n) is 3.49. The van der Waals surface area contributed by atoms with Crippen molar-refractivity contribution >= 4 is 10.9 Å². The van der Waals surface area contributed by atoms with Gasteiger partial charge >= 0.3 is 0 Å². The molecule has 2 aromatic rings. The summed E-state index contributed by atoms with van der Waals surface area (Å²) < 4.78 is 0. The molecule has 0 bridgehead atoms. The minimum absolute atomic E-state index is 0.834. The molecule has 0 unspecified atom stereocenters. The van der Waals surface area contributed by atoms with Gasteiger partial charge in [-0.25, -0.2) is 0 Å². The molecule has 1 aliphatic rings. The van der Waals surface area contributed by atoms with Crippen LogP contribution >= 0.6 is 0 Å². The van der Waals surface area contributed by atoms with Crippen LogP contribution in [0.4, 0.5) is 0 Å². The quantitative estimate of drug-likeness (QED) is 0.653. The Kier molecular flexibility index (Phi) is 3.62. The summed E-state index contributed by atoms with van der Waals surface area (Å²) in [6, 6.07) is 9.55. The number of benzene rings is 1. The Balaban J connectivity index is 1.38. The van der Waals surface area contributed by atoms with Gasteiger partial charge in [0.05, 0.1) is 0 Å². The molecule has 3 N–H and O–H groups in total. The molecule has 3 nitrogen and oxygen atoms in total. The maximum atomic E-state index is 3.53. The maximum Gasteiger partial charge on any atom is 0.0457 e. The summed E-state index contributed by atoms with van der Waals surface area (Å²) in [7, 11) is 0. The van der Waals surface area contributed by atoms with Crippen molar-refractivity contribution in [3.8, 4) is 0 Å². The van der Waals surface area contributed by atoms with Crippen LogP contribution in [0.2, 0.25) is 0 Å². The monoisotopic (exact) mass is 243 g/mol. The zero-order chi connectivity index (χ0) is 12.2. The van der Waals surface area contributed by atoms with Gasteiger partial charge in [0.15, 0.2) is 0 Å². The summed E-state index contributed by atoms with van der Waals surface area (Å²) in [5.74, 6) is 0. The van der Waals surface area contributed by atoms with Crippen molar-refractivity contribution in [2.45, 2.75) is 31.8 Å². The second kappa shape index (κ2) is 5.55. The van der Waals surface area contributed by atoms with Gasteiger partial charge in [-0.2, -0.15) is 0 Å². The lowest BCUT2D eigenvalue weighted by Gasteiger charge is -2.06. The Morgan fingerprint density at radius 3 is 3.00 bits per heavy atom. The van der Waals surface area contributed by atoms with Gasteiger partial charge in [-0.05, 0) is 55.4 Å². The minimum atomic E-state index is 0.834. The van der Waals surface area contributed by atoms with Gasteiger partial charge in [0.25, 0.3) is 0 Å². The fourth-order valence-electron chi connectivity index (χ4n) is 2.24. The highest BCUT2D eigenvalue weighted by Crippen LogP contribution is 2.18. The van der Waals surface area contributed by atoms with Crippen LogP contribution < -0.4 is 10.6 Å². The number of nitrogens with one attached hydrogen (secondary N) is 3. The molecule has 1 fully saturated rings. The fraction of sp³-hybridized carbons (Fsp3) is 0.467. The topological polar surface area (TPSA) is 39.8 Å². The molecule has 1 aromatic heterocycles. The van der Waals surface area contributed by atoms with Crippen molar-refractivity contribution in [1.29, 1.82) is 0 Å². The van der Waals surface area contributed by atoms with Crippen LogP contribution in [0.15, 0.2) is 30.5 Å². The van der Waals surface area contributed by atoms with E-state index >= 15 is 0 Å². The van der Waals surface area contributed by atoms with Crippen molar-refractivity contribution < 1.29 is 0 Å². The summed E-state index contributed by atoms with van der Waals surface area (Å²) in [6.45, 7) is 3.19. The Bertz CT molecular complexity index is 499. The molecular weight excluding hydrogens is 222 g/mol. The van der Waals surface area contributed by atoms with Crippen LogP contribution in [0.5, 0.6) is 0 Å². The molecule has 0 amide bonds. The molecule has 0 atom stereocenters. The van der Waals surface area contributed by atoms with Gasteiger partial charge in [-0.3, -0.25) is 0 Å². The Morgan fingerprint density at radius 2 is 2.11 bits per heavy atom. The van der Waals surface area contributed by atoms with Crippen molar-refractivity contribution in [2.75, 3.05) is 13.1 Å². The highest BCUT2D eigenvalue weighted by molar-refractivity contribution is 5.79. The van der Waals surface area contributed by atoms with Crippen LogP contribution in [0, 0.1) is 0 Å². The number of aromatic amines is 1. The Labute approximate surface area is 108 Å². The first kappa shape index (κ1) is 11.8. The lowest BCUT2D eigenvalue weighted by atomic mass is 10.1. The molecule has 1 aliphatic carbocycles. The fourth-order valence-corrected chi connectivity index (χ4v) is 2.24. The molecule has 0 saturated heterocycles. The maximum absolute atomic E-state index is 3.53.